The Morgan fingerprint density at radius 3 is 2.47 bits per heavy atom. The summed E-state index contributed by atoms with van der Waals surface area (Å²) in [4.78, 5) is 8.48. The van der Waals surface area contributed by atoms with Gasteiger partial charge >= 0.3 is 0 Å². The van der Waals surface area contributed by atoms with E-state index in [1.807, 2.05) is 6.92 Å². The first-order valence-electron chi connectivity index (χ1n) is 5.75. The highest BCUT2D eigenvalue weighted by Gasteiger charge is 2.07. The second-order valence-corrected chi connectivity index (χ2v) is 5.00. The molecule has 0 bridgehead atoms. The zero-order valence-electron chi connectivity index (χ0n) is 10.9. The number of benzene rings is 1. The van der Waals surface area contributed by atoms with Crippen LogP contribution in [-0.4, -0.2) is 17.0 Å². The van der Waals surface area contributed by atoms with Crippen molar-refractivity contribution in [2.24, 2.45) is 0 Å². The summed E-state index contributed by atoms with van der Waals surface area (Å²) in [7, 11) is 1.79. The van der Waals surface area contributed by atoms with Crippen molar-refractivity contribution >= 4 is 33.3 Å². The highest BCUT2D eigenvalue weighted by Crippen LogP contribution is 2.26. The maximum atomic E-state index is 13.6. The summed E-state index contributed by atoms with van der Waals surface area (Å²) in [6, 6.07) is 4.94. The van der Waals surface area contributed by atoms with E-state index in [1.54, 1.807) is 26.1 Å². The molecule has 1 aromatic carbocycles. The summed E-state index contributed by atoms with van der Waals surface area (Å²) in [5, 5.41) is 6.06. The first-order chi connectivity index (χ1) is 8.99. The van der Waals surface area contributed by atoms with Gasteiger partial charge in [0, 0.05) is 18.8 Å². The lowest BCUT2D eigenvalue weighted by Gasteiger charge is -2.11. The number of nitrogens with zero attached hydrogens (tertiary/aromatic N) is 2. The van der Waals surface area contributed by atoms with Gasteiger partial charge in [-0.05, 0) is 47.5 Å². The SMILES string of the molecule is CNc1cc(Nc2cc(F)c(Br)cc2C)nc(C)n1. The molecule has 2 N–H and O–H groups in total. The lowest BCUT2D eigenvalue weighted by Crippen LogP contribution is -2.02. The van der Waals surface area contributed by atoms with Crippen molar-refractivity contribution in [2.75, 3.05) is 17.7 Å². The van der Waals surface area contributed by atoms with Gasteiger partial charge < -0.3 is 10.6 Å². The molecule has 2 rings (SSSR count). The highest BCUT2D eigenvalue weighted by molar-refractivity contribution is 9.10. The third-order valence-electron chi connectivity index (χ3n) is 2.62. The molecule has 0 atom stereocenters. The van der Waals surface area contributed by atoms with Crippen LogP contribution in [0.2, 0.25) is 0 Å². The average molecular weight is 325 g/mol. The second kappa shape index (κ2) is 5.52. The van der Waals surface area contributed by atoms with E-state index in [-0.39, 0.29) is 5.82 Å². The molecule has 0 amide bonds. The predicted molar refractivity (Wildman–Crippen MR) is 78.4 cm³/mol. The highest BCUT2D eigenvalue weighted by atomic mass is 79.9. The van der Waals surface area contributed by atoms with Crippen LogP contribution in [0, 0.1) is 19.7 Å². The van der Waals surface area contributed by atoms with Gasteiger partial charge in [-0.15, -0.1) is 0 Å². The molecule has 0 fully saturated rings. The Labute approximate surface area is 119 Å². The zero-order chi connectivity index (χ0) is 14.0. The quantitative estimate of drug-likeness (QED) is 0.902. The molecule has 100 valence electrons. The maximum absolute atomic E-state index is 13.6. The van der Waals surface area contributed by atoms with Gasteiger partial charge in [0.2, 0.25) is 0 Å². The van der Waals surface area contributed by atoms with Crippen molar-refractivity contribution in [3.63, 3.8) is 0 Å². The molecule has 0 saturated carbocycles. The summed E-state index contributed by atoms with van der Waals surface area (Å²) >= 11 is 3.16. The van der Waals surface area contributed by atoms with E-state index in [4.69, 9.17) is 0 Å². The van der Waals surface area contributed by atoms with E-state index in [1.165, 1.54) is 6.07 Å². The van der Waals surface area contributed by atoms with Crippen molar-refractivity contribution in [1.82, 2.24) is 9.97 Å². The fourth-order valence-electron chi connectivity index (χ4n) is 1.68. The third-order valence-corrected chi connectivity index (χ3v) is 3.23. The summed E-state index contributed by atoms with van der Waals surface area (Å²) in [5.74, 6) is 1.67. The molecule has 4 nitrogen and oxygen atoms in total. The van der Waals surface area contributed by atoms with Gasteiger partial charge in [0.25, 0.3) is 0 Å². The van der Waals surface area contributed by atoms with Crippen LogP contribution < -0.4 is 10.6 Å². The summed E-state index contributed by atoms with van der Waals surface area (Å²) in [5.41, 5.74) is 1.61. The van der Waals surface area contributed by atoms with Gasteiger partial charge in [-0.25, -0.2) is 14.4 Å². The Morgan fingerprint density at radius 2 is 1.79 bits per heavy atom. The normalized spacial score (nSPS) is 10.4. The molecule has 6 heteroatoms. The van der Waals surface area contributed by atoms with Crippen LogP contribution in [0.5, 0.6) is 0 Å². The van der Waals surface area contributed by atoms with Gasteiger partial charge in [0.1, 0.15) is 23.3 Å². The summed E-state index contributed by atoms with van der Waals surface area (Å²) in [6.07, 6.45) is 0. The molecule has 0 aliphatic carbocycles. The van der Waals surface area contributed by atoms with E-state index in [9.17, 15) is 4.39 Å². The first-order valence-corrected chi connectivity index (χ1v) is 6.55. The van der Waals surface area contributed by atoms with Crippen LogP contribution >= 0.6 is 15.9 Å². The monoisotopic (exact) mass is 324 g/mol. The van der Waals surface area contributed by atoms with E-state index in [2.05, 4.69) is 36.5 Å². The molecule has 0 unspecified atom stereocenters. The van der Waals surface area contributed by atoms with Crippen molar-refractivity contribution in [3.8, 4) is 0 Å². The minimum Gasteiger partial charge on any atom is -0.373 e. The number of hydrogen-bond donors (Lipinski definition) is 2. The second-order valence-electron chi connectivity index (χ2n) is 4.14. The van der Waals surface area contributed by atoms with Crippen molar-refractivity contribution in [3.05, 3.63) is 39.9 Å². The Balaban J connectivity index is 2.36. The van der Waals surface area contributed by atoms with E-state index < -0.39 is 0 Å². The van der Waals surface area contributed by atoms with Crippen LogP contribution in [0.15, 0.2) is 22.7 Å². The van der Waals surface area contributed by atoms with Crippen molar-refractivity contribution < 1.29 is 4.39 Å². The molecular formula is C13H14BrFN4. The largest absolute Gasteiger partial charge is 0.373 e. The van der Waals surface area contributed by atoms with Crippen LogP contribution in [0.3, 0.4) is 0 Å². The molecule has 0 saturated heterocycles. The molecule has 0 radical (unpaired) electrons. The molecule has 0 aliphatic heterocycles. The maximum Gasteiger partial charge on any atom is 0.139 e. The molecule has 1 aromatic heterocycles. The van der Waals surface area contributed by atoms with Crippen LogP contribution in [-0.2, 0) is 0 Å². The minimum atomic E-state index is -0.312. The smallest absolute Gasteiger partial charge is 0.139 e. The summed E-state index contributed by atoms with van der Waals surface area (Å²) < 4.78 is 14.0. The standard InChI is InChI=1S/C13H14BrFN4/c1-7-4-9(14)10(15)5-11(7)19-13-6-12(16-3)17-8(2)18-13/h4-6H,1-3H3,(H2,16,17,18,19). The zero-order valence-corrected chi connectivity index (χ0v) is 12.5. The van der Waals surface area contributed by atoms with Crippen LogP contribution in [0.1, 0.15) is 11.4 Å². The Kier molecular flexibility index (Phi) is 3.99. The number of aromatic nitrogens is 2. The van der Waals surface area contributed by atoms with Gasteiger partial charge in [0.15, 0.2) is 0 Å². The molecular weight excluding hydrogens is 311 g/mol. The van der Waals surface area contributed by atoms with Crippen LogP contribution in [0.4, 0.5) is 21.7 Å². The predicted octanol–water partition coefficient (Wildman–Crippen LogP) is 3.78. The van der Waals surface area contributed by atoms with Crippen LogP contribution in [0.25, 0.3) is 0 Å². The Bertz CT molecular complexity index is 616. The number of hydrogen-bond acceptors (Lipinski definition) is 4. The van der Waals surface area contributed by atoms with E-state index >= 15 is 0 Å². The summed E-state index contributed by atoms with van der Waals surface area (Å²) in [6.45, 7) is 3.71. The number of anilines is 3. The molecule has 1 heterocycles. The van der Waals surface area contributed by atoms with Crippen molar-refractivity contribution in [2.45, 2.75) is 13.8 Å². The molecule has 2 aromatic rings. The van der Waals surface area contributed by atoms with Gasteiger partial charge in [-0.1, -0.05) is 0 Å². The third kappa shape index (κ3) is 3.20. The van der Waals surface area contributed by atoms with Gasteiger partial charge in [-0.2, -0.15) is 0 Å². The average Bonchev–Trinajstić information content (AvgIpc) is 2.35. The van der Waals surface area contributed by atoms with E-state index in [0.29, 0.717) is 27.6 Å². The minimum absolute atomic E-state index is 0.312. The number of nitrogens with one attached hydrogen (secondary N) is 2. The van der Waals surface area contributed by atoms with Gasteiger partial charge in [0.05, 0.1) is 4.47 Å². The van der Waals surface area contributed by atoms with Gasteiger partial charge in [-0.3, -0.25) is 0 Å². The molecule has 19 heavy (non-hydrogen) atoms. The Hall–Kier alpha value is -1.69. The fourth-order valence-corrected chi connectivity index (χ4v) is 2.14. The van der Waals surface area contributed by atoms with Crippen molar-refractivity contribution in [1.29, 1.82) is 0 Å². The molecule has 0 spiro atoms. The topological polar surface area (TPSA) is 49.8 Å². The number of rotatable bonds is 3. The lowest BCUT2D eigenvalue weighted by molar-refractivity contribution is 0.621. The Morgan fingerprint density at radius 1 is 1.11 bits per heavy atom. The number of aryl methyl sites for hydroxylation is 2. The lowest BCUT2D eigenvalue weighted by atomic mass is 10.2. The number of halogens is 2. The first kappa shape index (κ1) is 13.7. The fraction of sp³-hybridized carbons (Fsp3) is 0.231. The molecule has 0 aliphatic rings. The van der Waals surface area contributed by atoms with E-state index in [0.717, 1.165) is 5.56 Å².